The van der Waals surface area contributed by atoms with Crippen molar-refractivity contribution in [2.45, 2.75) is 20.0 Å². The number of aromatic hydroxyl groups is 1. The molecule has 3 aromatic carbocycles. The Hall–Kier alpha value is -3.53. The van der Waals surface area contributed by atoms with E-state index in [9.17, 15) is 5.11 Å². The van der Waals surface area contributed by atoms with Crippen molar-refractivity contribution in [1.29, 1.82) is 5.41 Å². The standard InChI is InChI=1S/C24H22N2O2/c1-14-3-5-16(6-4-14)24-23(17-7-8-18(13-25)21(26)11-17)15(2)20-12-19(27)9-10-22(20)28-24/h3-13,24-25,27H,26H2,1-2H3. The summed E-state index contributed by atoms with van der Waals surface area (Å²) >= 11 is 0. The predicted molar refractivity (Wildman–Crippen MR) is 114 cm³/mol. The molecule has 140 valence electrons. The van der Waals surface area contributed by atoms with E-state index in [1.807, 2.05) is 25.1 Å². The summed E-state index contributed by atoms with van der Waals surface area (Å²) in [6.07, 6.45) is 0.963. The van der Waals surface area contributed by atoms with Gasteiger partial charge >= 0.3 is 0 Å². The number of nitrogen functional groups attached to an aromatic ring is 1. The second kappa shape index (κ2) is 6.89. The second-order valence-corrected chi connectivity index (χ2v) is 7.12. The van der Waals surface area contributed by atoms with Gasteiger partial charge in [0.1, 0.15) is 17.6 Å². The quantitative estimate of drug-likeness (QED) is 0.430. The SMILES string of the molecule is CC1=C(c2ccc(C=N)c(N)c2)C(c2ccc(C)cc2)Oc2ccc(O)cc21. The van der Waals surface area contributed by atoms with Crippen molar-refractivity contribution in [1.82, 2.24) is 0 Å². The highest BCUT2D eigenvalue weighted by Crippen LogP contribution is 2.47. The lowest BCUT2D eigenvalue weighted by molar-refractivity contribution is 0.259. The first-order valence-electron chi connectivity index (χ1n) is 9.15. The molecule has 4 N–H and O–H groups in total. The van der Waals surface area contributed by atoms with Crippen LogP contribution in [0.25, 0.3) is 11.1 Å². The third kappa shape index (κ3) is 3.03. The van der Waals surface area contributed by atoms with Crippen LogP contribution in [0, 0.1) is 12.3 Å². The Balaban J connectivity index is 1.94. The molecule has 0 amide bonds. The van der Waals surface area contributed by atoms with Gasteiger partial charge in [-0.2, -0.15) is 0 Å². The summed E-state index contributed by atoms with van der Waals surface area (Å²) in [5.41, 5.74) is 13.5. The molecule has 0 aromatic heterocycles. The van der Waals surface area contributed by atoms with Crippen molar-refractivity contribution < 1.29 is 9.84 Å². The minimum Gasteiger partial charge on any atom is -0.508 e. The third-order valence-corrected chi connectivity index (χ3v) is 5.21. The van der Waals surface area contributed by atoms with Crippen LogP contribution in [0.5, 0.6) is 11.5 Å². The van der Waals surface area contributed by atoms with Gasteiger partial charge in [-0.3, -0.25) is 0 Å². The molecule has 1 aliphatic heterocycles. The molecule has 0 fully saturated rings. The number of hydrogen-bond donors (Lipinski definition) is 3. The maximum absolute atomic E-state index is 9.97. The Morgan fingerprint density at radius 3 is 2.43 bits per heavy atom. The number of nitrogens with one attached hydrogen (secondary N) is 1. The zero-order chi connectivity index (χ0) is 19.8. The number of nitrogens with two attached hydrogens (primary N) is 1. The molecule has 0 saturated heterocycles. The van der Waals surface area contributed by atoms with Crippen molar-refractivity contribution >= 4 is 23.0 Å². The van der Waals surface area contributed by atoms with Gasteiger partial charge in [-0.05, 0) is 54.8 Å². The summed E-state index contributed by atoms with van der Waals surface area (Å²) in [6, 6.07) is 19.2. The molecular formula is C24H22N2O2. The van der Waals surface area contributed by atoms with Gasteiger partial charge in [0.15, 0.2) is 0 Å². The largest absolute Gasteiger partial charge is 0.508 e. The zero-order valence-corrected chi connectivity index (χ0v) is 15.9. The zero-order valence-electron chi connectivity index (χ0n) is 15.9. The highest BCUT2D eigenvalue weighted by atomic mass is 16.5. The average Bonchev–Trinajstić information content (AvgIpc) is 2.69. The molecule has 0 aliphatic carbocycles. The summed E-state index contributed by atoms with van der Waals surface area (Å²) in [5, 5.41) is 17.4. The summed E-state index contributed by atoms with van der Waals surface area (Å²) < 4.78 is 6.39. The molecule has 1 aliphatic rings. The molecule has 1 heterocycles. The maximum Gasteiger partial charge on any atom is 0.150 e. The molecule has 4 rings (SSSR count). The van der Waals surface area contributed by atoms with Crippen LogP contribution in [0.4, 0.5) is 5.69 Å². The summed E-state index contributed by atoms with van der Waals surface area (Å²) in [4.78, 5) is 0. The Morgan fingerprint density at radius 1 is 1.00 bits per heavy atom. The van der Waals surface area contributed by atoms with Crippen LogP contribution in [0.3, 0.4) is 0 Å². The van der Waals surface area contributed by atoms with Crippen molar-refractivity contribution in [2.75, 3.05) is 5.73 Å². The van der Waals surface area contributed by atoms with E-state index in [0.29, 0.717) is 11.3 Å². The molecule has 0 saturated carbocycles. The van der Waals surface area contributed by atoms with E-state index in [-0.39, 0.29) is 11.9 Å². The molecule has 4 heteroatoms. The van der Waals surface area contributed by atoms with Gasteiger partial charge in [-0.15, -0.1) is 0 Å². The first-order chi connectivity index (χ1) is 13.5. The van der Waals surface area contributed by atoms with Gasteiger partial charge in [0, 0.05) is 28.6 Å². The lowest BCUT2D eigenvalue weighted by Gasteiger charge is -2.31. The number of aryl methyl sites for hydroxylation is 1. The molecule has 0 bridgehead atoms. The molecule has 28 heavy (non-hydrogen) atoms. The molecule has 1 unspecified atom stereocenters. The van der Waals surface area contributed by atoms with Gasteiger partial charge in [-0.25, -0.2) is 0 Å². The normalized spacial score (nSPS) is 15.7. The fourth-order valence-electron chi connectivity index (χ4n) is 3.66. The van der Waals surface area contributed by atoms with Crippen molar-refractivity contribution in [3.05, 3.63) is 88.5 Å². The number of phenolic OH excluding ortho intramolecular Hbond substituents is 1. The highest BCUT2D eigenvalue weighted by molar-refractivity contribution is 5.97. The number of rotatable bonds is 3. The average molecular weight is 370 g/mol. The van der Waals surface area contributed by atoms with Gasteiger partial charge in [0.2, 0.25) is 0 Å². The molecule has 4 nitrogen and oxygen atoms in total. The van der Waals surface area contributed by atoms with Crippen molar-refractivity contribution in [3.8, 4) is 11.5 Å². The fourth-order valence-corrected chi connectivity index (χ4v) is 3.66. The Kier molecular flexibility index (Phi) is 4.40. The van der Waals surface area contributed by atoms with Crippen LogP contribution < -0.4 is 10.5 Å². The predicted octanol–water partition coefficient (Wildman–Crippen LogP) is 5.34. The molecule has 1 atom stereocenters. The number of phenols is 1. The smallest absolute Gasteiger partial charge is 0.150 e. The first-order valence-corrected chi connectivity index (χ1v) is 9.15. The summed E-state index contributed by atoms with van der Waals surface area (Å²) in [6.45, 7) is 4.10. The van der Waals surface area contributed by atoms with Crippen LogP contribution in [0.1, 0.15) is 40.8 Å². The number of benzene rings is 3. The van der Waals surface area contributed by atoms with Crippen LogP contribution >= 0.6 is 0 Å². The van der Waals surface area contributed by atoms with E-state index in [2.05, 4.69) is 31.2 Å². The van der Waals surface area contributed by atoms with Gasteiger partial charge < -0.3 is 21.0 Å². The fraction of sp³-hybridized carbons (Fsp3) is 0.125. The summed E-state index contributed by atoms with van der Waals surface area (Å²) in [7, 11) is 0. The van der Waals surface area contributed by atoms with Crippen LogP contribution in [0.15, 0.2) is 60.7 Å². The van der Waals surface area contributed by atoms with E-state index < -0.39 is 0 Å². The molecule has 3 aromatic rings. The number of fused-ring (bicyclic) bond motifs is 1. The number of hydrogen-bond acceptors (Lipinski definition) is 4. The van der Waals surface area contributed by atoms with Gasteiger partial charge in [0.25, 0.3) is 0 Å². The van der Waals surface area contributed by atoms with Crippen LogP contribution in [-0.4, -0.2) is 11.3 Å². The topological polar surface area (TPSA) is 79.3 Å². The maximum atomic E-state index is 9.97. The highest BCUT2D eigenvalue weighted by Gasteiger charge is 2.29. The van der Waals surface area contributed by atoms with Crippen LogP contribution in [-0.2, 0) is 0 Å². The third-order valence-electron chi connectivity index (χ3n) is 5.21. The van der Waals surface area contributed by atoms with Crippen molar-refractivity contribution in [3.63, 3.8) is 0 Å². The van der Waals surface area contributed by atoms with E-state index in [0.717, 1.165) is 33.6 Å². The Labute approximate surface area is 164 Å². The first kappa shape index (κ1) is 17.9. The lowest BCUT2D eigenvalue weighted by Crippen LogP contribution is -2.16. The van der Waals surface area contributed by atoms with E-state index in [4.69, 9.17) is 15.9 Å². The minimum atomic E-state index is -0.289. The number of ether oxygens (including phenoxy) is 1. The Bertz CT molecular complexity index is 1100. The van der Waals surface area contributed by atoms with Gasteiger partial charge in [-0.1, -0.05) is 42.0 Å². The summed E-state index contributed by atoms with van der Waals surface area (Å²) in [5.74, 6) is 0.946. The van der Waals surface area contributed by atoms with Crippen LogP contribution in [0.2, 0.25) is 0 Å². The van der Waals surface area contributed by atoms with E-state index in [1.165, 1.54) is 11.8 Å². The van der Waals surface area contributed by atoms with Crippen molar-refractivity contribution in [2.24, 2.45) is 0 Å². The number of anilines is 1. The molecule has 0 spiro atoms. The monoisotopic (exact) mass is 370 g/mol. The second-order valence-electron chi connectivity index (χ2n) is 7.12. The minimum absolute atomic E-state index is 0.202. The lowest BCUT2D eigenvalue weighted by atomic mass is 9.85. The Morgan fingerprint density at radius 2 is 1.75 bits per heavy atom. The molecular weight excluding hydrogens is 348 g/mol. The van der Waals surface area contributed by atoms with Gasteiger partial charge in [0.05, 0.1) is 0 Å². The number of allylic oxidation sites excluding steroid dienone is 1. The van der Waals surface area contributed by atoms with E-state index >= 15 is 0 Å². The van der Waals surface area contributed by atoms with E-state index in [1.54, 1.807) is 18.2 Å². The molecule has 0 radical (unpaired) electrons.